The van der Waals surface area contributed by atoms with Gasteiger partial charge in [-0.25, -0.2) is 23.3 Å². The van der Waals surface area contributed by atoms with Crippen molar-refractivity contribution in [1.82, 2.24) is 10.0 Å². The van der Waals surface area contributed by atoms with Crippen molar-refractivity contribution in [2.24, 2.45) is 11.8 Å². The Balaban J connectivity index is 1.71. The zero-order valence-electron chi connectivity index (χ0n) is 18.7. The molecular weight excluding hydrogens is 503 g/mol. The number of nitrogens with zero attached hydrogens (tertiary/aromatic N) is 1. The first-order valence-corrected chi connectivity index (χ1v) is 13.7. The molecule has 0 radical (unpaired) electrons. The van der Waals surface area contributed by atoms with Crippen LogP contribution in [-0.2, 0) is 30.3 Å². The molecule has 12 nitrogen and oxygen atoms in total. The molecule has 1 aromatic heterocycles. The van der Waals surface area contributed by atoms with E-state index in [2.05, 4.69) is 28.2 Å². The van der Waals surface area contributed by atoms with Crippen LogP contribution in [0, 0.1) is 35.5 Å². The second-order valence-electron chi connectivity index (χ2n) is 8.30. The number of aromatic nitrogens is 1. The van der Waals surface area contributed by atoms with Crippen LogP contribution in [0.25, 0.3) is 11.1 Å². The highest BCUT2D eigenvalue weighted by Crippen LogP contribution is 2.43. The van der Waals surface area contributed by atoms with Gasteiger partial charge in [-0.05, 0) is 55.7 Å². The standard InChI is InChI=1S/C21H23N2O10PS/c1-21(19(24)22-26,35(2,30)31)9-10-23-17-8-7-14(11-18(17)33-20(23)25)5-3-4-6-15-12-16(15)13-32-34(27,28)29/h7-8,11,15-16,26H,9-10,12-13H2,1-2H3,(H,22,24)(H2,27,28,29)/t15-,16+,21?/m0/s1. The smallest absolute Gasteiger partial charge is 0.408 e. The number of hydrogen-bond acceptors (Lipinski definition) is 8. The third kappa shape index (κ3) is 6.41. The van der Waals surface area contributed by atoms with E-state index < -0.39 is 34.1 Å². The summed E-state index contributed by atoms with van der Waals surface area (Å²) in [6.07, 6.45) is 1.24. The summed E-state index contributed by atoms with van der Waals surface area (Å²) in [6, 6.07) is 4.70. The van der Waals surface area contributed by atoms with E-state index in [-0.39, 0.29) is 37.0 Å². The summed E-state index contributed by atoms with van der Waals surface area (Å²) < 4.78 is 43.8. The molecule has 1 aliphatic rings. The molecule has 3 atom stereocenters. The van der Waals surface area contributed by atoms with Crippen molar-refractivity contribution in [2.45, 2.75) is 31.1 Å². The fourth-order valence-electron chi connectivity index (χ4n) is 3.30. The number of hydroxylamine groups is 1. The van der Waals surface area contributed by atoms with E-state index in [1.54, 1.807) is 12.1 Å². The lowest BCUT2D eigenvalue weighted by molar-refractivity contribution is -0.131. The minimum absolute atomic E-state index is 0.0454. The number of fused-ring (bicyclic) bond motifs is 1. The van der Waals surface area contributed by atoms with Gasteiger partial charge < -0.3 is 14.2 Å². The topological polar surface area (TPSA) is 185 Å². The van der Waals surface area contributed by atoms with Crippen molar-refractivity contribution in [3.05, 3.63) is 34.3 Å². The monoisotopic (exact) mass is 526 g/mol. The number of carbonyl (C=O) groups excluding carboxylic acids is 1. The van der Waals surface area contributed by atoms with Gasteiger partial charge in [0.2, 0.25) is 0 Å². The summed E-state index contributed by atoms with van der Waals surface area (Å²) in [5.74, 6) is 9.10. The summed E-state index contributed by atoms with van der Waals surface area (Å²) in [4.78, 5) is 41.7. The van der Waals surface area contributed by atoms with Gasteiger partial charge in [0.25, 0.3) is 5.91 Å². The molecule has 0 bridgehead atoms. The number of rotatable bonds is 8. The van der Waals surface area contributed by atoms with Crippen LogP contribution in [0.1, 0.15) is 25.3 Å². The molecule has 1 amide bonds. The van der Waals surface area contributed by atoms with Gasteiger partial charge in [-0.3, -0.25) is 19.1 Å². The Morgan fingerprint density at radius 1 is 1.37 bits per heavy atom. The van der Waals surface area contributed by atoms with Gasteiger partial charge in [0, 0.05) is 24.3 Å². The van der Waals surface area contributed by atoms with Gasteiger partial charge in [-0.2, -0.15) is 0 Å². The molecule has 1 aliphatic carbocycles. The van der Waals surface area contributed by atoms with Crippen LogP contribution in [0.2, 0.25) is 0 Å². The van der Waals surface area contributed by atoms with E-state index in [0.717, 1.165) is 13.2 Å². The average Bonchev–Trinajstić information content (AvgIpc) is 3.45. The maximum absolute atomic E-state index is 12.3. The highest BCUT2D eigenvalue weighted by Gasteiger charge is 2.43. The molecule has 1 fully saturated rings. The van der Waals surface area contributed by atoms with Crippen molar-refractivity contribution < 1.29 is 41.7 Å². The third-order valence-corrected chi connectivity index (χ3v) is 8.30. The van der Waals surface area contributed by atoms with Crippen LogP contribution in [-0.4, -0.2) is 51.5 Å². The zero-order valence-corrected chi connectivity index (χ0v) is 20.4. The van der Waals surface area contributed by atoms with Crippen LogP contribution in [0.3, 0.4) is 0 Å². The highest BCUT2D eigenvalue weighted by atomic mass is 32.2. The second-order valence-corrected chi connectivity index (χ2v) is 12.0. The largest absolute Gasteiger partial charge is 0.469 e. The van der Waals surface area contributed by atoms with Crippen molar-refractivity contribution in [3.8, 4) is 23.7 Å². The van der Waals surface area contributed by atoms with Crippen molar-refractivity contribution in [1.29, 1.82) is 0 Å². The van der Waals surface area contributed by atoms with Crippen LogP contribution in [0.5, 0.6) is 0 Å². The number of carbonyl (C=O) groups is 1. The van der Waals surface area contributed by atoms with Gasteiger partial charge in [-0.15, -0.1) is 0 Å². The van der Waals surface area contributed by atoms with Crippen LogP contribution >= 0.6 is 7.82 Å². The average molecular weight is 526 g/mol. The van der Waals surface area contributed by atoms with Crippen LogP contribution in [0.15, 0.2) is 27.4 Å². The number of benzene rings is 1. The van der Waals surface area contributed by atoms with Crippen LogP contribution < -0.4 is 11.2 Å². The van der Waals surface area contributed by atoms with Gasteiger partial charge >= 0.3 is 13.6 Å². The maximum atomic E-state index is 12.3. The summed E-state index contributed by atoms with van der Waals surface area (Å²) >= 11 is 0. The summed E-state index contributed by atoms with van der Waals surface area (Å²) in [5.41, 5.74) is 2.44. The lowest BCUT2D eigenvalue weighted by Gasteiger charge is -2.24. The molecule has 2 aromatic rings. The molecule has 188 valence electrons. The normalized spacial score (nSPS) is 19.1. The minimum Gasteiger partial charge on any atom is -0.408 e. The SMILES string of the molecule is CC(CCn1c(=O)oc2cc(C#CC#C[C@H]3C[C@@H]3COP(=O)(O)O)ccc21)(C(=O)NO)S(C)(=O)=O. The van der Waals surface area contributed by atoms with Gasteiger partial charge in [0.15, 0.2) is 20.2 Å². The molecule has 4 N–H and O–H groups in total. The lowest BCUT2D eigenvalue weighted by Crippen LogP contribution is -2.49. The van der Waals surface area contributed by atoms with E-state index in [1.165, 1.54) is 16.1 Å². The van der Waals surface area contributed by atoms with Crippen molar-refractivity contribution >= 4 is 34.7 Å². The molecular formula is C21H23N2O10PS. The molecule has 1 saturated carbocycles. The molecule has 0 aliphatic heterocycles. The third-order valence-electron chi connectivity index (χ3n) is 5.79. The first-order valence-electron chi connectivity index (χ1n) is 10.2. The number of hydrogen-bond donors (Lipinski definition) is 4. The molecule has 0 saturated heterocycles. The van der Waals surface area contributed by atoms with Crippen molar-refractivity contribution in [3.63, 3.8) is 0 Å². The predicted octanol–water partition coefficient (Wildman–Crippen LogP) is 0.394. The Bertz CT molecular complexity index is 1480. The van der Waals surface area contributed by atoms with E-state index in [0.29, 0.717) is 17.5 Å². The molecule has 1 heterocycles. The number of amides is 1. The van der Waals surface area contributed by atoms with Gasteiger partial charge in [0.05, 0.1) is 12.1 Å². The number of sulfone groups is 1. The van der Waals surface area contributed by atoms with E-state index in [1.807, 2.05) is 0 Å². The molecule has 0 spiro atoms. The predicted molar refractivity (Wildman–Crippen MR) is 123 cm³/mol. The van der Waals surface area contributed by atoms with E-state index in [4.69, 9.17) is 19.4 Å². The Labute approximate surface area is 200 Å². The Kier molecular flexibility index (Phi) is 7.62. The molecule has 1 unspecified atom stereocenters. The minimum atomic E-state index is -4.49. The quantitative estimate of drug-likeness (QED) is 0.162. The highest BCUT2D eigenvalue weighted by molar-refractivity contribution is 7.92. The Morgan fingerprint density at radius 3 is 2.71 bits per heavy atom. The van der Waals surface area contributed by atoms with E-state index in [9.17, 15) is 22.6 Å². The number of aryl methyl sites for hydroxylation is 1. The first-order chi connectivity index (χ1) is 16.2. The summed E-state index contributed by atoms with van der Waals surface area (Å²) in [5, 5.41) is 8.93. The summed E-state index contributed by atoms with van der Waals surface area (Å²) in [6.45, 7) is 0.926. The molecule has 1 aromatic carbocycles. The fourth-order valence-corrected chi connectivity index (χ4v) is 4.53. The number of nitrogens with one attached hydrogen (secondary N) is 1. The summed E-state index contributed by atoms with van der Waals surface area (Å²) in [7, 11) is -8.41. The molecule has 35 heavy (non-hydrogen) atoms. The second kappa shape index (κ2) is 9.99. The fraction of sp³-hybridized carbons (Fsp3) is 0.429. The Morgan fingerprint density at radius 2 is 2.09 bits per heavy atom. The van der Waals surface area contributed by atoms with Gasteiger partial charge in [0.1, 0.15) is 0 Å². The Hall–Kier alpha value is -2.90. The molecule has 3 rings (SSSR count). The van der Waals surface area contributed by atoms with Crippen LogP contribution in [0.4, 0.5) is 0 Å². The first kappa shape index (κ1) is 26.7. The van der Waals surface area contributed by atoms with Crippen molar-refractivity contribution in [2.75, 3.05) is 12.9 Å². The number of phosphoric acid groups is 1. The zero-order chi connectivity index (χ0) is 26.0. The number of phosphoric ester groups is 1. The molecule has 14 heteroatoms. The van der Waals surface area contributed by atoms with Gasteiger partial charge in [-0.1, -0.05) is 11.8 Å². The number of oxazole rings is 1. The lowest BCUT2D eigenvalue weighted by atomic mass is 10.1. The maximum Gasteiger partial charge on any atom is 0.469 e. The van der Waals surface area contributed by atoms with E-state index >= 15 is 0 Å².